The lowest BCUT2D eigenvalue weighted by Gasteiger charge is -2.18. The summed E-state index contributed by atoms with van der Waals surface area (Å²) >= 11 is 0. The zero-order chi connectivity index (χ0) is 59.9. The molecule has 0 fully saturated rings. The van der Waals surface area contributed by atoms with Gasteiger partial charge in [-0.1, -0.05) is 304 Å². The first-order valence-corrected chi connectivity index (χ1v) is 35.4. The molecular weight excluding hydrogens is 1020 g/mol. The minimum absolute atomic E-state index is 0.0826. The summed E-state index contributed by atoms with van der Waals surface area (Å²) in [5, 5.41) is 0. The summed E-state index contributed by atoms with van der Waals surface area (Å²) < 4.78 is 17.0. The van der Waals surface area contributed by atoms with Crippen molar-refractivity contribution in [2.45, 2.75) is 348 Å². The van der Waals surface area contributed by atoms with Gasteiger partial charge >= 0.3 is 17.9 Å². The van der Waals surface area contributed by atoms with E-state index in [2.05, 4.69) is 130 Å². The third-order valence-corrected chi connectivity index (χ3v) is 15.2. The maximum atomic E-state index is 13.0. The summed E-state index contributed by atoms with van der Waals surface area (Å²) in [5.74, 6) is -0.882. The zero-order valence-electron chi connectivity index (χ0n) is 54.7. The monoisotopic (exact) mass is 1150 g/mol. The number of allylic oxidation sites excluding steroid dienone is 18. The molecule has 476 valence electrons. The lowest BCUT2D eigenvalue weighted by atomic mass is 10.0. The van der Waals surface area contributed by atoms with Gasteiger partial charge in [-0.05, 0) is 128 Å². The summed E-state index contributed by atoms with van der Waals surface area (Å²) in [7, 11) is 0. The van der Waals surface area contributed by atoms with E-state index >= 15 is 0 Å². The van der Waals surface area contributed by atoms with Crippen LogP contribution in [0.2, 0.25) is 0 Å². The molecule has 0 amide bonds. The van der Waals surface area contributed by atoms with E-state index in [1.807, 2.05) is 0 Å². The second kappa shape index (κ2) is 70.6. The summed E-state index contributed by atoms with van der Waals surface area (Å²) in [6, 6.07) is 0. The number of hydrogen-bond acceptors (Lipinski definition) is 6. The molecule has 0 aromatic heterocycles. The number of esters is 3. The highest BCUT2D eigenvalue weighted by Crippen LogP contribution is 2.17. The zero-order valence-corrected chi connectivity index (χ0v) is 54.7. The highest BCUT2D eigenvalue weighted by Gasteiger charge is 2.19. The number of rotatable bonds is 64. The number of unbranched alkanes of at least 4 members (excludes halogenated alkanes) is 35. The standard InChI is InChI=1S/C77H132O6/c1-4-7-10-13-16-19-22-25-28-31-33-34-35-36-37-38-39-40-41-42-44-46-49-52-55-58-61-64-67-70-76(79)82-73-74(72-81-75(78)69-66-63-60-57-54-51-48-45-30-27-24-21-18-15-12-9-6-3)83-77(80)71-68-65-62-59-56-53-50-47-43-32-29-26-23-20-17-14-11-8-5-2/h7,10,16,18-19,21,25-30,33-34,36-37,39-40,74H,4-6,8-9,11-15,17,20,22-24,31-32,35,38,41-73H2,1-3H3/b10-7-,19-16-,21-18-,28-25-,29-26-,30-27-,34-33-,37-36-,40-39-. The fourth-order valence-electron chi connectivity index (χ4n) is 9.94. The third kappa shape index (κ3) is 68.7. The van der Waals surface area contributed by atoms with Crippen LogP contribution in [0.5, 0.6) is 0 Å². The average Bonchev–Trinajstić information content (AvgIpc) is 3.49. The highest BCUT2D eigenvalue weighted by molar-refractivity contribution is 5.71. The maximum Gasteiger partial charge on any atom is 0.306 e. The van der Waals surface area contributed by atoms with E-state index in [1.165, 1.54) is 193 Å². The van der Waals surface area contributed by atoms with Gasteiger partial charge in [-0.25, -0.2) is 0 Å². The number of carbonyl (C=O) groups is 3. The molecule has 0 aliphatic rings. The smallest absolute Gasteiger partial charge is 0.306 e. The first-order chi connectivity index (χ1) is 41.0. The normalized spacial score (nSPS) is 12.8. The van der Waals surface area contributed by atoms with E-state index in [4.69, 9.17) is 14.2 Å². The number of hydrogen-bond donors (Lipinski definition) is 0. The molecule has 0 saturated heterocycles. The van der Waals surface area contributed by atoms with E-state index < -0.39 is 6.10 Å². The molecule has 1 unspecified atom stereocenters. The molecule has 6 nitrogen and oxygen atoms in total. The summed E-state index contributed by atoms with van der Waals surface area (Å²) in [5.41, 5.74) is 0. The van der Waals surface area contributed by atoms with Crippen molar-refractivity contribution >= 4 is 17.9 Å². The molecule has 0 aromatic carbocycles. The van der Waals surface area contributed by atoms with Crippen molar-refractivity contribution in [1.29, 1.82) is 0 Å². The molecule has 0 rings (SSSR count). The number of carbonyl (C=O) groups excluding carboxylic acids is 3. The third-order valence-electron chi connectivity index (χ3n) is 15.2. The van der Waals surface area contributed by atoms with Gasteiger partial charge < -0.3 is 14.2 Å². The van der Waals surface area contributed by atoms with Crippen molar-refractivity contribution in [1.82, 2.24) is 0 Å². The fourth-order valence-corrected chi connectivity index (χ4v) is 9.94. The molecule has 0 heterocycles. The van der Waals surface area contributed by atoms with Crippen LogP contribution in [-0.2, 0) is 28.6 Å². The van der Waals surface area contributed by atoms with Crippen molar-refractivity contribution in [3.05, 3.63) is 109 Å². The van der Waals surface area contributed by atoms with Crippen LogP contribution < -0.4 is 0 Å². The molecule has 0 saturated carbocycles. The van der Waals surface area contributed by atoms with Crippen LogP contribution in [-0.4, -0.2) is 37.2 Å². The Bertz CT molecular complexity index is 1660. The van der Waals surface area contributed by atoms with Crippen LogP contribution in [0.4, 0.5) is 0 Å². The molecule has 0 radical (unpaired) electrons. The van der Waals surface area contributed by atoms with Gasteiger partial charge in [-0.2, -0.15) is 0 Å². The summed E-state index contributed by atoms with van der Waals surface area (Å²) in [6.07, 6.45) is 96.7. The van der Waals surface area contributed by atoms with Gasteiger partial charge in [0, 0.05) is 19.3 Å². The van der Waals surface area contributed by atoms with Crippen LogP contribution in [0.3, 0.4) is 0 Å². The lowest BCUT2D eigenvalue weighted by molar-refractivity contribution is -0.167. The number of ether oxygens (including phenoxy) is 3. The van der Waals surface area contributed by atoms with Gasteiger partial charge in [-0.3, -0.25) is 14.4 Å². The predicted octanol–water partition coefficient (Wildman–Crippen LogP) is 24.6. The van der Waals surface area contributed by atoms with Crippen molar-refractivity contribution in [3.63, 3.8) is 0 Å². The molecule has 1 atom stereocenters. The molecule has 0 bridgehead atoms. The van der Waals surface area contributed by atoms with Crippen LogP contribution in [0.15, 0.2) is 109 Å². The van der Waals surface area contributed by atoms with Crippen molar-refractivity contribution in [2.24, 2.45) is 0 Å². The Morgan fingerprint density at radius 2 is 0.470 bits per heavy atom. The predicted molar refractivity (Wildman–Crippen MR) is 362 cm³/mol. The van der Waals surface area contributed by atoms with E-state index in [-0.39, 0.29) is 31.1 Å². The van der Waals surface area contributed by atoms with Crippen LogP contribution in [0, 0.1) is 0 Å². The lowest BCUT2D eigenvalue weighted by Crippen LogP contribution is -2.30. The topological polar surface area (TPSA) is 78.9 Å². The molecule has 0 spiro atoms. The highest BCUT2D eigenvalue weighted by atomic mass is 16.6. The Balaban J connectivity index is 4.34. The van der Waals surface area contributed by atoms with Crippen molar-refractivity contribution < 1.29 is 28.6 Å². The minimum atomic E-state index is -0.787. The average molecular weight is 1150 g/mol. The first kappa shape index (κ1) is 79.1. The van der Waals surface area contributed by atoms with Gasteiger partial charge in [0.25, 0.3) is 0 Å². The van der Waals surface area contributed by atoms with Gasteiger partial charge in [0.2, 0.25) is 0 Å². The summed E-state index contributed by atoms with van der Waals surface area (Å²) in [6.45, 7) is 6.52. The second-order valence-electron chi connectivity index (χ2n) is 23.4. The Labute approximate surface area is 514 Å². The molecule has 0 N–H and O–H groups in total. The Hall–Kier alpha value is -3.93. The van der Waals surface area contributed by atoms with Gasteiger partial charge in [0.1, 0.15) is 13.2 Å². The Kier molecular flexibility index (Phi) is 67.2. The van der Waals surface area contributed by atoms with Gasteiger partial charge in [-0.15, -0.1) is 0 Å². The molecule has 0 aliphatic heterocycles. The van der Waals surface area contributed by atoms with Crippen LogP contribution in [0.25, 0.3) is 0 Å². The van der Waals surface area contributed by atoms with Crippen LogP contribution in [0.1, 0.15) is 342 Å². The van der Waals surface area contributed by atoms with E-state index in [1.54, 1.807) is 0 Å². The fraction of sp³-hybridized carbons (Fsp3) is 0.727. The van der Waals surface area contributed by atoms with E-state index in [0.29, 0.717) is 19.3 Å². The summed E-state index contributed by atoms with van der Waals surface area (Å²) in [4.78, 5) is 38.5. The SMILES string of the molecule is CC/C=C\C/C=C\C/C=C\C/C=C\C/C=C\C/C=C\CCCCCCCCCCCCC(=O)OCC(COC(=O)CCCCCCCCC/C=C\C/C=C\CCCCC)OC(=O)CCCCCCCCCCC/C=C\CCCCCCCC. The van der Waals surface area contributed by atoms with Gasteiger partial charge in [0.15, 0.2) is 6.10 Å². The maximum absolute atomic E-state index is 13.0. The molecule has 83 heavy (non-hydrogen) atoms. The molecular formula is C77H132O6. The first-order valence-electron chi connectivity index (χ1n) is 35.4. The van der Waals surface area contributed by atoms with E-state index in [0.717, 1.165) is 109 Å². The largest absolute Gasteiger partial charge is 0.462 e. The molecule has 0 aromatic rings. The second-order valence-corrected chi connectivity index (χ2v) is 23.4. The molecule has 0 aliphatic carbocycles. The quantitative estimate of drug-likeness (QED) is 0.0261. The van der Waals surface area contributed by atoms with Gasteiger partial charge in [0.05, 0.1) is 0 Å². The molecule has 6 heteroatoms. The van der Waals surface area contributed by atoms with Crippen molar-refractivity contribution in [3.8, 4) is 0 Å². The Morgan fingerprint density at radius 3 is 0.771 bits per heavy atom. The van der Waals surface area contributed by atoms with Crippen molar-refractivity contribution in [2.75, 3.05) is 13.2 Å². The minimum Gasteiger partial charge on any atom is -0.462 e. The Morgan fingerprint density at radius 1 is 0.253 bits per heavy atom. The van der Waals surface area contributed by atoms with Crippen LogP contribution >= 0.6 is 0 Å². The van der Waals surface area contributed by atoms with E-state index in [9.17, 15) is 14.4 Å².